The molecule has 2 fully saturated rings. The summed E-state index contributed by atoms with van der Waals surface area (Å²) < 4.78 is 0. The highest BCUT2D eigenvalue weighted by Crippen LogP contribution is 2.59. The van der Waals surface area contributed by atoms with Gasteiger partial charge in [-0.15, -0.1) is 0 Å². The van der Waals surface area contributed by atoms with Crippen molar-refractivity contribution in [3.05, 3.63) is 0 Å². The lowest BCUT2D eigenvalue weighted by atomic mass is 9.83. The first-order valence-corrected chi connectivity index (χ1v) is 5.38. The minimum absolute atomic E-state index is 0.227. The van der Waals surface area contributed by atoms with Crippen molar-refractivity contribution in [2.24, 2.45) is 11.1 Å². The van der Waals surface area contributed by atoms with Crippen LogP contribution in [-0.4, -0.2) is 28.8 Å². The van der Waals surface area contributed by atoms with E-state index in [4.69, 9.17) is 5.73 Å². The number of aliphatic hydroxyl groups is 1. The summed E-state index contributed by atoms with van der Waals surface area (Å²) >= 11 is 1.97. The Bertz CT molecular complexity index is 169. The van der Waals surface area contributed by atoms with E-state index in [0.717, 1.165) is 17.9 Å². The van der Waals surface area contributed by atoms with Gasteiger partial charge in [-0.25, -0.2) is 0 Å². The second kappa shape index (κ2) is 2.38. The van der Waals surface area contributed by atoms with Crippen LogP contribution in [0, 0.1) is 5.41 Å². The first kappa shape index (κ1) is 7.90. The Hall–Kier alpha value is 0.270. The van der Waals surface area contributed by atoms with Crippen LogP contribution in [0.3, 0.4) is 0 Å². The van der Waals surface area contributed by atoms with Crippen molar-refractivity contribution in [2.75, 3.05) is 18.1 Å². The molecular formula is C8H15NOS. The van der Waals surface area contributed by atoms with E-state index in [1.165, 1.54) is 12.8 Å². The van der Waals surface area contributed by atoms with Gasteiger partial charge in [-0.2, -0.15) is 11.8 Å². The van der Waals surface area contributed by atoms with Crippen LogP contribution < -0.4 is 5.73 Å². The summed E-state index contributed by atoms with van der Waals surface area (Å²) in [5.74, 6) is 2.20. The average molecular weight is 173 g/mol. The minimum atomic E-state index is -0.516. The van der Waals surface area contributed by atoms with E-state index < -0.39 is 5.60 Å². The van der Waals surface area contributed by atoms with Crippen LogP contribution in [0.1, 0.15) is 19.3 Å². The van der Waals surface area contributed by atoms with E-state index in [9.17, 15) is 5.11 Å². The molecule has 1 unspecified atom stereocenters. The molecule has 2 aliphatic rings. The molecule has 2 nitrogen and oxygen atoms in total. The fraction of sp³-hybridized carbons (Fsp3) is 1.00. The molecule has 1 atom stereocenters. The molecule has 64 valence electrons. The normalized spacial score (nSPS) is 40.9. The molecule has 0 aromatic rings. The van der Waals surface area contributed by atoms with Gasteiger partial charge in [-0.3, -0.25) is 0 Å². The average Bonchev–Trinajstić information content (AvgIpc) is 2.78. The summed E-state index contributed by atoms with van der Waals surface area (Å²) in [5.41, 5.74) is 5.31. The number of hydrogen-bond donors (Lipinski definition) is 2. The maximum atomic E-state index is 10.1. The molecule has 0 amide bonds. The summed E-state index contributed by atoms with van der Waals surface area (Å²) in [6.45, 7) is 0.452. The van der Waals surface area contributed by atoms with Crippen molar-refractivity contribution in [3.63, 3.8) is 0 Å². The SMILES string of the molecule is NCC1(O)CCSCC12CC2. The molecule has 0 aromatic carbocycles. The van der Waals surface area contributed by atoms with Gasteiger partial charge in [-0.05, 0) is 25.0 Å². The minimum Gasteiger partial charge on any atom is -0.388 e. The van der Waals surface area contributed by atoms with E-state index >= 15 is 0 Å². The molecule has 0 bridgehead atoms. The van der Waals surface area contributed by atoms with Crippen LogP contribution in [0.15, 0.2) is 0 Å². The van der Waals surface area contributed by atoms with Gasteiger partial charge in [0.1, 0.15) is 0 Å². The van der Waals surface area contributed by atoms with Crippen molar-refractivity contribution in [1.82, 2.24) is 0 Å². The van der Waals surface area contributed by atoms with Crippen molar-refractivity contribution in [3.8, 4) is 0 Å². The Balaban J connectivity index is 2.15. The lowest BCUT2D eigenvalue weighted by Crippen LogP contribution is -2.50. The van der Waals surface area contributed by atoms with Crippen LogP contribution >= 0.6 is 11.8 Å². The first-order valence-electron chi connectivity index (χ1n) is 4.23. The third kappa shape index (κ3) is 1.02. The van der Waals surface area contributed by atoms with Crippen molar-refractivity contribution in [2.45, 2.75) is 24.9 Å². The summed E-state index contributed by atoms with van der Waals surface area (Å²) in [4.78, 5) is 0. The highest BCUT2D eigenvalue weighted by molar-refractivity contribution is 7.99. The second-order valence-corrected chi connectivity index (χ2v) is 4.92. The first-order chi connectivity index (χ1) is 5.22. The molecule has 3 N–H and O–H groups in total. The molecule has 1 heterocycles. The molecule has 3 heteroatoms. The lowest BCUT2D eigenvalue weighted by Gasteiger charge is -2.39. The van der Waals surface area contributed by atoms with Gasteiger partial charge in [-0.1, -0.05) is 0 Å². The van der Waals surface area contributed by atoms with Crippen LogP contribution in [0.25, 0.3) is 0 Å². The van der Waals surface area contributed by atoms with Gasteiger partial charge in [0, 0.05) is 17.7 Å². The molecule has 1 aliphatic carbocycles. The largest absolute Gasteiger partial charge is 0.388 e. The Labute approximate surface area is 71.5 Å². The van der Waals surface area contributed by atoms with Gasteiger partial charge in [0.2, 0.25) is 0 Å². The molecule has 1 aliphatic heterocycles. The van der Waals surface area contributed by atoms with Crippen molar-refractivity contribution in [1.29, 1.82) is 0 Å². The van der Waals surface area contributed by atoms with Gasteiger partial charge < -0.3 is 10.8 Å². The fourth-order valence-corrected chi connectivity index (χ4v) is 3.56. The summed E-state index contributed by atoms with van der Waals surface area (Å²) in [6.07, 6.45) is 3.27. The van der Waals surface area contributed by atoms with E-state index in [1.54, 1.807) is 0 Å². The molecule has 1 saturated heterocycles. The Morgan fingerprint density at radius 1 is 1.36 bits per heavy atom. The van der Waals surface area contributed by atoms with Crippen LogP contribution in [0.5, 0.6) is 0 Å². The fourth-order valence-electron chi connectivity index (χ4n) is 1.99. The summed E-state index contributed by atoms with van der Waals surface area (Å²) in [7, 11) is 0. The monoisotopic (exact) mass is 173 g/mol. The van der Waals surface area contributed by atoms with E-state index in [2.05, 4.69) is 0 Å². The number of rotatable bonds is 1. The van der Waals surface area contributed by atoms with Gasteiger partial charge >= 0.3 is 0 Å². The van der Waals surface area contributed by atoms with Crippen LogP contribution in [0.2, 0.25) is 0 Å². The smallest absolute Gasteiger partial charge is 0.0840 e. The van der Waals surface area contributed by atoms with E-state index in [0.29, 0.717) is 6.54 Å². The third-order valence-corrected chi connectivity index (χ3v) is 4.47. The standard InChI is InChI=1S/C8H15NOS/c9-5-8(10)3-4-11-6-7(8)1-2-7/h10H,1-6,9H2. The second-order valence-electron chi connectivity index (χ2n) is 3.82. The summed E-state index contributed by atoms with van der Waals surface area (Å²) in [6, 6.07) is 0. The Kier molecular flexibility index (Phi) is 1.71. The highest BCUT2D eigenvalue weighted by atomic mass is 32.2. The number of hydrogen-bond acceptors (Lipinski definition) is 3. The molecule has 0 aromatic heterocycles. The lowest BCUT2D eigenvalue weighted by molar-refractivity contribution is -0.0203. The highest BCUT2D eigenvalue weighted by Gasteiger charge is 2.58. The van der Waals surface area contributed by atoms with E-state index in [-0.39, 0.29) is 5.41 Å². The molecule has 0 radical (unpaired) electrons. The third-order valence-electron chi connectivity index (χ3n) is 3.22. The topological polar surface area (TPSA) is 46.2 Å². The molecule has 1 saturated carbocycles. The molecular weight excluding hydrogens is 158 g/mol. The zero-order chi connectivity index (χ0) is 7.95. The van der Waals surface area contributed by atoms with Crippen LogP contribution in [-0.2, 0) is 0 Å². The zero-order valence-corrected chi connectivity index (χ0v) is 7.49. The zero-order valence-electron chi connectivity index (χ0n) is 6.68. The van der Waals surface area contributed by atoms with Gasteiger partial charge in [0.25, 0.3) is 0 Å². The molecule has 11 heavy (non-hydrogen) atoms. The molecule has 2 rings (SSSR count). The van der Waals surface area contributed by atoms with Gasteiger partial charge in [0.15, 0.2) is 0 Å². The van der Waals surface area contributed by atoms with E-state index in [1.807, 2.05) is 11.8 Å². The van der Waals surface area contributed by atoms with Crippen molar-refractivity contribution >= 4 is 11.8 Å². The maximum absolute atomic E-state index is 10.1. The van der Waals surface area contributed by atoms with Crippen LogP contribution in [0.4, 0.5) is 0 Å². The summed E-state index contributed by atoms with van der Waals surface area (Å²) in [5, 5.41) is 10.1. The predicted molar refractivity (Wildman–Crippen MR) is 47.6 cm³/mol. The van der Waals surface area contributed by atoms with Gasteiger partial charge in [0.05, 0.1) is 5.60 Å². The Morgan fingerprint density at radius 3 is 2.55 bits per heavy atom. The maximum Gasteiger partial charge on any atom is 0.0840 e. The quantitative estimate of drug-likeness (QED) is 0.610. The van der Waals surface area contributed by atoms with Crippen molar-refractivity contribution < 1.29 is 5.11 Å². The predicted octanol–water partition coefficient (Wildman–Crippen LogP) is 0.593. The number of thioether (sulfide) groups is 1. The Morgan fingerprint density at radius 2 is 2.09 bits per heavy atom. The number of nitrogens with two attached hydrogens (primary N) is 1. The molecule has 1 spiro atoms.